The highest BCUT2D eigenvalue weighted by molar-refractivity contribution is 6.74. The molecule has 2 unspecified atom stereocenters. The van der Waals surface area contributed by atoms with Crippen LogP contribution in [0.2, 0.25) is 23.2 Å². The zero-order valence-electron chi connectivity index (χ0n) is 23.7. The minimum Gasteiger partial charge on any atom is -0.497 e. The molecule has 39 heavy (non-hydrogen) atoms. The second kappa shape index (κ2) is 11.4. The number of aliphatic hydroxyl groups is 1. The van der Waals surface area contributed by atoms with Gasteiger partial charge in [-0.15, -0.1) is 0 Å². The van der Waals surface area contributed by atoms with Crippen molar-refractivity contribution in [2.75, 3.05) is 31.7 Å². The zero-order valence-corrected chi connectivity index (χ0v) is 25.5. The van der Waals surface area contributed by atoms with Crippen molar-refractivity contribution in [2.24, 2.45) is 0 Å². The SMILES string of the molecule is COc1ccc(CN2C(=O)CCc3c(OCC4(O)CCNCC4O[Si](C)(C)C(C)(C)C)cc(F)c(Cl)c32)cc1. The molecule has 0 radical (unpaired) electrons. The maximum atomic E-state index is 15.1. The van der Waals surface area contributed by atoms with Gasteiger partial charge in [0.15, 0.2) is 8.32 Å². The molecule has 10 heteroatoms. The monoisotopic (exact) mass is 578 g/mol. The summed E-state index contributed by atoms with van der Waals surface area (Å²) in [7, 11) is -0.586. The van der Waals surface area contributed by atoms with Crippen LogP contribution in [0.4, 0.5) is 10.1 Å². The van der Waals surface area contributed by atoms with E-state index in [4.69, 9.17) is 25.5 Å². The van der Waals surface area contributed by atoms with Crippen molar-refractivity contribution in [1.29, 1.82) is 0 Å². The van der Waals surface area contributed by atoms with E-state index in [2.05, 4.69) is 39.2 Å². The number of nitrogens with zero attached hydrogens (tertiary/aromatic N) is 1. The first kappa shape index (κ1) is 29.8. The fraction of sp³-hybridized carbons (Fsp3) is 0.552. The van der Waals surface area contributed by atoms with Crippen LogP contribution >= 0.6 is 11.6 Å². The number of hydrogen-bond donors (Lipinski definition) is 2. The number of anilines is 1. The van der Waals surface area contributed by atoms with E-state index < -0.39 is 25.8 Å². The number of hydrogen-bond acceptors (Lipinski definition) is 6. The quantitative estimate of drug-likeness (QED) is 0.405. The zero-order chi connectivity index (χ0) is 28.6. The van der Waals surface area contributed by atoms with Gasteiger partial charge in [0.05, 0.1) is 25.4 Å². The highest BCUT2D eigenvalue weighted by atomic mass is 35.5. The Morgan fingerprint density at radius 3 is 2.56 bits per heavy atom. The van der Waals surface area contributed by atoms with Gasteiger partial charge in [-0.2, -0.15) is 0 Å². The Labute approximate surface area is 236 Å². The molecule has 214 valence electrons. The maximum absolute atomic E-state index is 15.1. The minimum atomic E-state index is -2.17. The average Bonchev–Trinajstić information content (AvgIpc) is 2.88. The van der Waals surface area contributed by atoms with E-state index in [0.29, 0.717) is 42.9 Å². The van der Waals surface area contributed by atoms with Gasteiger partial charge in [0.1, 0.15) is 34.5 Å². The van der Waals surface area contributed by atoms with Crippen LogP contribution in [0.25, 0.3) is 0 Å². The highest BCUT2D eigenvalue weighted by Crippen LogP contribution is 2.44. The molecule has 2 aliphatic rings. The first-order valence-corrected chi connectivity index (χ1v) is 16.7. The lowest BCUT2D eigenvalue weighted by molar-refractivity contribution is -0.119. The normalized spacial score (nSPS) is 22.0. The molecule has 2 aromatic rings. The van der Waals surface area contributed by atoms with Crippen molar-refractivity contribution in [2.45, 2.75) is 76.4 Å². The topological polar surface area (TPSA) is 80.3 Å². The van der Waals surface area contributed by atoms with Crippen LogP contribution in [0, 0.1) is 5.82 Å². The maximum Gasteiger partial charge on any atom is 0.227 e. The van der Waals surface area contributed by atoms with Gasteiger partial charge in [-0.1, -0.05) is 44.5 Å². The molecule has 0 aliphatic carbocycles. The van der Waals surface area contributed by atoms with E-state index in [1.807, 2.05) is 24.3 Å². The summed E-state index contributed by atoms with van der Waals surface area (Å²) in [5.41, 5.74) is 0.588. The lowest BCUT2D eigenvalue weighted by Gasteiger charge is -2.46. The first-order chi connectivity index (χ1) is 18.3. The molecule has 0 saturated carbocycles. The molecular weight excluding hydrogens is 539 g/mol. The smallest absolute Gasteiger partial charge is 0.227 e. The fourth-order valence-electron chi connectivity index (χ4n) is 4.79. The molecule has 4 rings (SSSR count). The summed E-state index contributed by atoms with van der Waals surface area (Å²) < 4.78 is 33.2. The van der Waals surface area contributed by atoms with Crippen molar-refractivity contribution in [3.8, 4) is 11.5 Å². The number of halogens is 2. The number of piperidine rings is 1. The van der Waals surface area contributed by atoms with Crippen molar-refractivity contribution in [3.05, 3.63) is 52.3 Å². The van der Waals surface area contributed by atoms with Crippen molar-refractivity contribution in [1.82, 2.24) is 5.32 Å². The second-order valence-corrected chi connectivity index (χ2v) is 17.2. The van der Waals surface area contributed by atoms with Crippen LogP contribution in [-0.2, 0) is 22.2 Å². The fourth-order valence-corrected chi connectivity index (χ4v) is 6.43. The number of ether oxygens (including phenoxy) is 2. The van der Waals surface area contributed by atoms with E-state index in [0.717, 1.165) is 5.56 Å². The van der Waals surface area contributed by atoms with Crippen LogP contribution < -0.4 is 19.7 Å². The van der Waals surface area contributed by atoms with E-state index in [1.54, 1.807) is 7.11 Å². The van der Waals surface area contributed by atoms with E-state index in [1.165, 1.54) is 11.0 Å². The van der Waals surface area contributed by atoms with Gasteiger partial charge in [-0.25, -0.2) is 4.39 Å². The molecular formula is C29H40ClFN2O5Si. The molecule has 0 bridgehead atoms. The Kier molecular flexibility index (Phi) is 8.69. The standard InChI is InChI=1S/C29H40ClFN2O5Si/c1-28(2,3)39(5,6)38-24-16-32-14-13-29(24,35)18-37-23-15-22(31)26(30)27-21(23)11-12-25(34)33(27)17-19-7-9-20(36-4)10-8-19/h7-10,15,24,32,35H,11-14,16-18H2,1-6H3. The third-order valence-electron chi connectivity index (χ3n) is 8.30. The Balaban J connectivity index is 1.61. The van der Waals surface area contributed by atoms with Gasteiger partial charge in [-0.05, 0) is 55.2 Å². The van der Waals surface area contributed by atoms with Crippen LogP contribution in [0.5, 0.6) is 11.5 Å². The molecule has 0 spiro atoms. The van der Waals surface area contributed by atoms with E-state index >= 15 is 4.39 Å². The molecule has 1 amide bonds. The molecule has 0 aromatic heterocycles. The largest absolute Gasteiger partial charge is 0.497 e. The Morgan fingerprint density at radius 1 is 1.23 bits per heavy atom. The molecule has 2 heterocycles. The number of amides is 1. The summed E-state index contributed by atoms with van der Waals surface area (Å²) in [6, 6.07) is 8.61. The van der Waals surface area contributed by atoms with Crippen LogP contribution in [0.15, 0.2) is 30.3 Å². The lowest BCUT2D eigenvalue weighted by Crippen LogP contribution is -2.62. The summed E-state index contributed by atoms with van der Waals surface area (Å²) in [4.78, 5) is 14.5. The highest BCUT2D eigenvalue weighted by Gasteiger charge is 2.47. The van der Waals surface area contributed by atoms with E-state index in [-0.39, 0.29) is 41.3 Å². The van der Waals surface area contributed by atoms with Crippen LogP contribution in [0.3, 0.4) is 0 Å². The molecule has 2 aromatic carbocycles. The molecule has 1 fully saturated rings. The Morgan fingerprint density at radius 2 is 1.92 bits per heavy atom. The van der Waals surface area contributed by atoms with Gasteiger partial charge in [0.25, 0.3) is 0 Å². The average molecular weight is 579 g/mol. The van der Waals surface area contributed by atoms with Gasteiger partial charge in [-0.3, -0.25) is 4.79 Å². The van der Waals surface area contributed by atoms with Gasteiger partial charge >= 0.3 is 0 Å². The van der Waals surface area contributed by atoms with Gasteiger partial charge in [0, 0.05) is 24.6 Å². The third kappa shape index (κ3) is 6.28. The number of carbonyl (C=O) groups excluding carboxylic acids is 1. The number of fused-ring (bicyclic) bond motifs is 1. The summed E-state index contributed by atoms with van der Waals surface area (Å²) >= 11 is 6.45. The van der Waals surface area contributed by atoms with Crippen molar-refractivity contribution >= 4 is 31.5 Å². The number of methoxy groups -OCH3 is 1. The predicted molar refractivity (Wildman–Crippen MR) is 154 cm³/mol. The number of benzene rings is 2. The second-order valence-electron chi connectivity index (χ2n) is 12.0. The lowest BCUT2D eigenvalue weighted by atomic mass is 9.90. The van der Waals surface area contributed by atoms with Crippen molar-refractivity contribution in [3.63, 3.8) is 0 Å². The van der Waals surface area contributed by atoms with Crippen molar-refractivity contribution < 1.29 is 28.2 Å². The summed E-state index contributed by atoms with van der Waals surface area (Å²) in [5, 5.41) is 14.9. The van der Waals surface area contributed by atoms with Gasteiger partial charge in [0.2, 0.25) is 5.91 Å². The molecule has 2 atom stereocenters. The summed E-state index contributed by atoms with van der Waals surface area (Å²) in [6.07, 6.45) is 0.583. The third-order valence-corrected chi connectivity index (χ3v) is 13.1. The number of nitrogens with one attached hydrogen (secondary N) is 1. The Bertz CT molecular complexity index is 1200. The predicted octanol–water partition coefficient (Wildman–Crippen LogP) is 5.46. The van der Waals surface area contributed by atoms with E-state index in [9.17, 15) is 9.90 Å². The molecule has 1 saturated heterocycles. The number of rotatable bonds is 8. The van der Waals surface area contributed by atoms with Gasteiger partial charge < -0.3 is 29.2 Å². The molecule has 2 N–H and O–H groups in total. The first-order valence-electron chi connectivity index (χ1n) is 13.4. The van der Waals surface area contributed by atoms with Crippen LogP contribution in [-0.4, -0.2) is 57.8 Å². The molecule has 7 nitrogen and oxygen atoms in total. The summed E-state index contributed by atoms with van der Waals surface area (Å²) in [6.45, 7) is 12.1. The Hall–Kier alpha value is -2.17. The van der Waals surface area contributed by atoms with Crippen LogP contribution in [0.1, 0.15) is 44.7 Å². The number of carbonyl (C=O) groups is 1. The molecule has 2 aliphatic heterocycles. The minimum absolute atomic E-state index is 0.0233. The summed E-state index contributed by atoms with van der Waals surface area (Å²) in [5.74, 6) is 0.176.